The van der Waals surface area contributed by atoms with Crippen molar-refractivity contribution in [2.24, 2.45) is 0 Å². The van der Waals surface area contributed by atoms with Gasteiger partial charge in [-0.15, -0.1) is 0 Å². The van der Waals surface area contributed by atoms with Crippen LogP contribution >= 0.6 is 19.5 Å². The summed E-state index contributed by atoms with van der Waals surface area (Å²) >= 11 is 1.73. The van der Waals surface area contributed by atoms with Crippen molar-refractivity contribution in [3.05, 3.63) is 51.2 Å². The molecule has 0 atom stereocenters. The van der Waals surface area contributed by atoms with Gasteiger partial charge in [-0.1, -0.05) is 79.9 Å². The molecule has 0 unspecified atom stereocenters. The fraction of sp³-hybridized carbons (Fsp3) is 0.500. The standard InChI is InChI=1S/C24H33PS/c1-22(2,3)18-14-19(23(4,5)6)21(20(15-18)24(7,8)9)25-12-10-17-11-13-26-16-17/h10-11,13-16H,1-9H3. The molecule has 1 heterocycles. The average molecular weight is 385 g/mol. The molecule has 0 amide bonds. The van der Waals surface area contributed by atoms with E-state index in [1.54, 1.807) is 11.3 Å². The van der Waals surface area contributed by atoms with Crippen LogP contribution in [0.3, 0.4) is 0 Å². The van der Waals surface area contributed by atoms with Crippen molar-refractivity contribution in [3.63, 3.8) is 0 Å². The van der Waals surface area contributed by atoms with E-state index >= 15 is 0 Å². The molecular formula is C24H33PS. The van der Waals surface area contributed by atoms with Gasteiger partial charge in [0.2, 0.25) is 0 Å². The van der Waals surface area contributed by atoms with Gasteiger partial charge in [0.05, 0.1) is 0 Å². The van der Waals surface area contributed by atoms with E-state index in [9.17, 15) is 0 Å². The van der Waals surface area contributed by atoms with Crippen molar-refractivity contribution in [2.45, 2.75) is 78.6 Å². The van der Waals surface area contributed by atoms with E-state index in [1.165, 1.54) is 27.6 Å². The monoisotopic (exact) mass is 384 g/mol. The van der Waals surface area contributed by atoms with E-state index < -0.39 is 0 Å². The van der Waals surface area contributed by atoms with Gasteiger partial charge in [0.15, 0.2) is 0 Å². The molecule has 0 nitrogen and oxygen atoms in total. The number of hydrogen-bond acceptors (Lipinski definition) is 1. The molecule has 0 fully saturated rings. The molecule has 0 N–H and O–H groups in total. The van der Waals surface area contributed by atoms with Crippen molar-refractivity contribution < 1.29 is 0 Å². The van der Waals surface area contributed by atoms with Gasteiger partial charge in [-0.05, 0) is 69.6 Å². The normalized spacial score (nSPS) is 13.0. The SMILES string of the molecule is CC(C)(C)c1cc(C(C)(C)C)c(P=C=Cc2ccsc2)c(C(C)(C)C)c1. The van der Waals surface area contributed by atoms with E-state index in [2.05, 4.69) is 103 Å². The molecule has 0 bridgehead atoms. The van der Waals surface area contributed by atoms with Gasteiger partial charge in [0.1, 0.15) is 0 Å². The third kappa shape index (κ3) is 5.20. The number of thiophene rings is 1. The molecule has 2 aromatic rings. The molecule has 1 aromatic heterocycles. The summed E-state index contributed by atoms with van der Waals surface area (Å²) in [6, 6.07) is 7.01. The zero-order chi connectivity index (χ0) is 19.8. The molecule has 0 aliphatic heterocycles. The Hall–Kier alpha value is -1.13. The lowest BCUT2D eigenvalue weighted by molar-refractivity contribution is 0.554. The van der Waals surface area contributed by atoms with Crippen LogP contribution in [0.15, 0.2) is 29.0 Å². The highest BCUT2D eigenvalue weighted by Gasteiger charge is 2.28. The van der Waals surface area contributed by atoms with Crippen LogP contribution in [0.25, 0.3) is 6.08 Å². The second-order valence-electron chi connectivity index (χ2n) is 10.1. The van der Waals surface area contributed by atoms with Crippen molar-refractivity contribution >= 4 is 36.4 Å². The smallest absolute Gasteiger partial charge is 0.0171 e. The van der Waals surface area contributed by atoms with Crippen molar-refractivity contribution in [1.29, 1.82) is 0 Å². The maximum Gasteiger partial charge on any atom is 0.0171 e. The molecular weight excluding hydrogens is 351 g/mol. The first-order chi connectivity index (χ1) is 11.8. The Morgan fingerprint density at radius 3 is 1.77 bits per heavy atom. The highest BCUT2D eigenvalue weighted by molar-refractivity contribution is 7.47. The Kier molecular flexibility index (Phi) is 6.09. The number of hydrogen-bond donors (Lipinski definition) is 0. The van der Waals surface area contributed by atoms with Crippen LogP contribution in [0.4, 0.5) is 0 Å². The Labute approximate surface area is 166 Å². The zero-order valence-corrected chi connectivity index (χ0v) is 19.5. The van der Waals surface area contributed by atoms with E-state index in [0.29, 0.717) is 0 Å². The lowest BCUT2D eigenvalue weighted by Crippen LogP contribution is -2.29. The summed E-state index contributed by atoms with van der Waals surface area (Å²) in [5, 5.41) is 5.70. The van der Waals surface area contributed by atoms with Gasteiger partial charge in [-0.2, -0.15) is 11.3 Å². The third-order valence-corrected chi connectivity index (χ3v) is 6.21. The third-order valence-electron chi connectivity index (χ3n) is 4.54. The van der Waals surface area contributed by atoms with Gasteiger partial charge in [-0.3, -0.25) is 0 Å². The zero-order valence-electron chi connectivity index (χ0n) is 17.8. The van der Waals surface area contributed by atoms with E-state index in [-0.39, 0.29) is 16.2 Å². The van der Waals surface area contributed by atoms with Crippen LogP contribution in [-0.4, -0.2) is 5.45 Å². The number of rotatable bonds is 2. The summed E-state index contributed by atoms with van der Waals surface area (Å²) in [7, 11) is 1.16. The Balaban J connectivity index is 2.76. The van der Waals surface area contributed by atoms with Crippen molar-refractivity contribution in [2.75, 3.05) is 0 Å². The van der Waals surface area contributed by atoms with Crippen LogP contribution < -0.4 is 5.30 Å². The molecule has 140 valence electrons. The van der Waals surface area contributed by atoms with E-state index in [4.69, 9.17) is 0 Å². The minimum absolute atomic E-state index is 0.105. The molecule has 0 saturated carbocycles. The van der Waals surface area contributed by atoms with Gasteiger partial charge >= 0.3 is 0 Å². The van der Waals surface area contributed by atoms with Crippen LogP contribution in [0, 0.1) is 0 Å². The molecule has 0 spiro atoms. The fourth-order valence-electron chi connectivity index (χ4n) is 2.86. The summed E-state index contributed by atoms with van der Waals surface area (Å²) in [5.74, 6) is 0. The lowest BCUT2D eigenvalue weighted by atomic mass is 9.75. The van der Waals surface area contributed by atoms with Crippen LogP contribution in [-0.2, 0) is 16.2 Å². The second kappa shape index (κ2) is 7.47. The molecule has 1 aromatic carbocycles. The summed E-state index contributed by atoms with van der Waals surface area (Å²) < 4.78 is 0. The summed E-state index contributed by atoms with van der Waals surface area (Å²) in [5.41, 5.74) is 9.45. The van der Waals surface area contributed by atoms with E-state index in [1.807, 2.05) is 0 Å². The van der Waals surface area contributed by atoms with Crippen LogP contribution in [0.1, 0.15) is 84.6 Å². The lowest BCUT2D eigenvalue weighted by Gasteiger charge is -2.32. The molecule has 0 saturated heterocycles. The van der Waals surface area contributed by atoms with Crippen LogP contribution in [0.5, 0.6) is 0 Å². The molecule has 2 heteroatoms. The molecule has 0 aliphatic rings. The Morgan fingerprint density at radius 1 is 0.846 bits per heavy atom. The first-order valence-electron chi connectivity index (χ1n) is 9.31. The predicted molar refractivity (Wildman–Crippen MR) is 123 cm³/mol. The van der Waals surface area contributed by atoms with Crippen LogP contribution in [0.2, 0.25) is 0 Å². The summed E-state index contributed by atoms with van der Waals surface area (Å²) in [6.07, 6.45) is 2.12. The fourth-order valence-corrected chi connectivity index (χ4v) is 4.86. The first-order valence-corrected chi connectivity index (χ1v) is 11.1. The number of benzene rings is 1. The van der Waals surface area contributed by atoms with Gasteiger partial charge < -0.3 is 0 Å². The average Bonchev–Trinajstić information content (AvgIpc) is 2.97. The highest BCUT2D eigenvalue weighted by Crippen LogP contribution is 2.35. The first kappa shape index (κ1) is 21.2. The predicted octanol–water partition coefficient (Wildman–Crippen LogP) is 7.33. The Bertz CT molecular complexity index is 778. The van der Waals surface area contributed by atoms with Gasteiger partial charge in [0.25, 0.3) is 0 Å². The van der Waals surface area contributed by atoms with Crippen molar-refractivity contribution in [1.82, 2.24) is 0 Å². The topological polar surface area (TPSA) is 0 Å². The molecule has 0 aliphatic carbocycles. The second-order valence-corrected chi connectivity index (χ2v) is 11.8. The molecule has 0 radical (unpaired) electrons. The molecule has 26 heavy (non-hydrogen) atoms. The van der Waals surface area contributed by atoms with E-state index in [0.717, 1.165) is 8.20 Å². The molecule has 2 rings (SSSR count). The minimum atomic E-state index is 0.105. The van der Waals surface area contributed by atoms with Gasteiger partial charge in [0, 0.05) is 5.30 Å². The Morgan fingerprint density at radius 2 is 1.38 bits per heavy atom. The highest BCUT2D eigenvalue weighted by atomic mass is 32.1. The maximum absolute atomic E-state index is 3.54. The minimum Gasteiger partial charge on any atom is -0.152 e. The van der Waals surface area contributed by atoms with Gasteiger partial charge in [-0.25, -0.2) is 0 Å². The maximum atomic E-state index is 3.54. The summed E-state index contributed by atoms with van der Waals surface area (Å²) in [6.45, 7) is 20.9. The largest absolute Gasteiger partial charge is 0.152 e. The quantitative estimate of drug-likeness (QED) is 0.476. The summed E-state index contributed by atoms with van der Waals surface area (Å²) in [4.78, 5) is 0. The van der Waals surface area contributed by atoms with Crippen molar-refractivity contribution in [3.8, 4) is 0 Å².